The lowest BCUT2D eigenvalue weighted by Gasteiger charge is -2.33. The highest BCUT2D eigenvalue weighted by atomic mass is 32.2. The van der Waals surface area contributed by atoms with Crippen molar-refractivity contribution >= 4 is 10.1 Å². The summed E-state index contributed by atoms with van der Waals surface area (Å²) in [6.07, 6.45) is 0.604. The number of nitrogens with zero attached hydrogens (tertiary/aromatic N) is 1. The van der Waals surface area contributed by atoms with Crippen molar-refractivity contribution in [1.29, 1.82) is 0 Å². The monoisotopic (exact) mass is 211 g/mol. The minimum atomic E-state index is -3.92. The third-order valence-corrected chi connectivity index (χ3v) is 1.68. The molecule has 1 heterocycles. The van der Waals surface area contributed by atoms with Gasteiger partial charge in [-0.2, -0.15) is 0 Å². The summed E-state index contributed by atoms with van der Waals surface area (Å²) >= 11 is 0. The lowest BCUT2D eigenvalue weighted by Crippen LogP contribution is -2.48. The lowest BCUT2D eigenvalue weighted by molar-refractivity contribution is -0.898. The van der Waals surface area contributed by atoms with E-state index in [2.05, 4.69) is 14.1 Å². The van der Waals surface area contributed by atoms with Crippen molar-refractivity contribution in [2.75, 3.05) is 46.7 Å². The molecule has 0 aromatic heterocycles. The summed E-state index contributed by atoms with van der Waals surface area (Å²) in [7, 11) is 0.561. The highest BCUT2D eigenvalue weighted by Crippen LogP contribution is 2.00. The van der Waals surface area contributed by atoms with Crippen LogP contribution >= 0.6 is 0 Å². The number of quaternary nitrogens is 1. The van der Waals surface area contributed by atoms with Gasteiger partial charge < -0.3 is 13.8 Å². The summed E-state index contributed by atoms with van der Waals surface area (Å²) in [5.74, 6) is 0. The Labute approximate surface area is 79.6 Å². The smallest absolute Gasteiger partial charge is 0.102 e. The normalized spacial score (nSPS) is 21.5. The standard InChI is InChI=1S/C6H14NO.CH4O3S/c1-7(2)3-5-8-6-4-7;1-5(2,3)4/h3-6H2,1-2H3;1H3,(H,2,3,4)/q+1;/p-1. The molecule has 1 aliphatic rings. The van der Waals surface area contributed by atoms with Crippen LogP contribution in [0.2, 0.25) is 0 Å². The van der Waals surface area contributed by atoms with E-state index in [1.165, 1.54) is 13.1 Å². The Morgan fingerprint density at radius 3 is 1.69 bits per heavy atom. The first-order valence-corrected chi connectivity index (χ1v) is 5.83. The van der Waals surface area contributed by atoms with Crippen LogP contribution in [0.3, 0.4) is 0 Å². The van der Waals surface area contributed by atoms with Crippen LogP contribution < -0.4 is 0 Å². The molecule has 0 unspecified atom stereocenters. The molecular formula is C7H17NO4S. The van der Waals surface area contributed by atoms with Gasteiger partial charge >= 0.3 is 0 Å². The fraction of sp³-hybridized carbons (Fsp3) is 1.00. The van der Waals surface area contributed by atoms with E-state index in [1.807, 2.05) is 0 Å². The first kappa shape index (κ1) is 12.8. The first-order valence-electron chi connectivity index (χ1n) is 4.01. The number of morpholine rings is 1. The molecule has 0 atom stereocenters. The van der Waals surface area contributed by atoms with Gasteiger partial charge in [0.05, 0.1) is 37.4 Å². The third-order valence-electron chi connectivity index (χ3n) is 1.68. The predicted molar refractivity (Wildman–Crippen MR) is 48.3 cm³/mol. The van der Waals surface area contributed by atoms with Crippen molar-refractivity contribution in [3.8, 4) is 0 Å². The molecule has 0 radical (unpaired) electrons. The predicted octanol–water partition coefficient (Wildman–Crippen LogP) is -0.746. The minimum absolute atomic E-state index is 0.604. The van der Waals surface area contributed by atoms with Crippen LogP contribution in [-0.2, 0) is 14.9 Å². The van der Waals surface area contributed by atoms with Crippen molar-refractivity contribution in [2.24, 2.45) is 0 Å². The van der Waals surface area contributed by atoms with Gasteiger partial charge in [0.25, 0.3) is 0 Å². The molecule has 0 N–H and O–H groups in total. The summed E-state index contributed by atoms with van der Waals surface area (Å²) in [5.41, 5.74) is 0. The third kappa shape index (κ3) is 11.8. The molecule has 0 bridgehead atoms. The zero-order chi connectivity index (χ0) is 10.5. The van der Waals surface area contributed by atoms with Crippen LogP contribution in [-0.4, -0.2) is 64.1 Å². The molecule has 0 saturated carbocycles. The number of likely N-dealkylation sites (N-methyl/N-ethyl adjacent to an activating group) is 1. The van der Waals surface area contributed by atoms with Crippen LogP contribution in [0.4, 0.5) is 0 Å². The van der Waals surface area contributed by atoms with Gasteiger partial charge in [0, 0.05) is 6.26 Å². The molecule has 5 nitrogen and oxygen atoms in total. The van der Waals surface area contributed by atoms with E-state index in [9.17, 15) is 0 Å². The maximum Gasteiger partial charge on any atom is 0.102 e. The van der Waals surface area contributed by atoms with E-state index < -0.39 is 10.1 Å². The zero-order valence-electron chi connectivity index (χ0n) is 8.32. The van der Waals surface area contributed by atoms with Gasteiger partial charge in [-0.3, -0.25) is 0 Å². The van der Waals surface area contributed by atoms with Gasteiger partial charge in [0.1, 0.15) is 13.1 Å². The van der Waals surface area contributed by atoms with Crippen LogP contribution in [0.1, 0.15) is 0 Å². The highest BCUT2D eigenvalue weighted by Gasteiger charge is 2.18. The number of ether oxygens (including phenoxy) is 1. The Bertz CT molecular complexity index is 219. The zero-order valence-corrected chi connectivity index (χ0v) is 9.13. The molecule has 1 saturated heterocycles. The van der Waals surface area contributed by atoms with E-state index in [0.717, 1.165) is 17.7 Å². The lowest BCUT2D eigenvalue weighted by atomic mass is 10.4. The highest BCUT2D eigenvalue weighted by molar-refractivity contribution is 7.84. The quantitative estimate of drug-likeness (QED) is 0.391. The molecular weight excluding hydrogens is 194 g/mol. The van der Waals surface area contributed by atoms with Crippen LogP contribution in [0.15, 0.2) is 0 Å². The van der Waals surface area contributed by atoms with Gasteiger partial charge in [0.15, 0.2) is 0 Å². The Kier molecular flexibility index (Phi) is 4.83. The summed E-state index contributed by atoms with van der Waals surface area (Å²) < 4.78 is 33.5. The van der Waals surface area contributed by atoms with E-state index in [4.69, 9.17) is 17.7 Å². The Balaban J connectivity index is 0.000000252. The molecule has 13 heavy (non-hydrogen) atoms. The number of rotatable bonds is 0. The van der Waals surface area contributed by atoms with Crippen molar-refractivity contribution in [2.45, 2.75) is 0 Å². The molecule has 80 valence electrons. The average molecular weight is 211 g/mol. The van der Waals surface area contributed by atoms with E-state index in [0.29, 0.717) is 6.26 Å². The molecule has 0 aromatic rings. The van der Waals surface area contributed by atoms with Crippen molar-refractivity contribution < 1.29 is 22.2 Å². The van der Waals surface area contributed by atoms with Crippen molar-refractivity contribution in [1.82, 2.24) is 0 Å². The second kappa shape index (κ2) is 4.90. The molecule has 6 heteroatoms. The topological polar surface area (TPSA) is 66.4 Å². The molecule has 1 aliphatic heterocycles. The SMILES string of the molecule is CS(=O)(=O)[O-].C[N+]1(C)CCOCC1. The second-order valence-electron chi connectivity index (χ2n) is 3.70. The van der Waals surface area contributed by atoms with Crippen LogP contribution in [0.5, 0.6) is 0 Å². The largest absolute Gasteiger partial charge is 0.748 e. The molecule has 0 amide bonds. The fourth-order valence-corrected chi connectivity index (χ4v) is 0.837. The molecule has 0 spiro atoms. The van der Waals surface area contributed by atoms with Gasteiger partial charge in [0.2, 0.25) is 0 Å². The Morgan fingerprint density at radius 1 is 1.23 bits per heavy atom. The van der Waals surface area contributed by atoms with Crippen LogP contribution in [0.25, 0.3) is 0 Å². The van der Waals surface area contributed by atoms with E-state index in [-0.39, 0.29) is 0 Å². The average Bonchev–Trinajstić information content (AvgIpc) is 1.82. The van der Waals surface area contributed by atoms with Gasteiger partial charge in [-0.15, -0.1) is 0 Å². The second-order valence-corrected chi connectivity index (χ2v) is 5.11. The van der Waals surface area contributed by atoms with E-state index in [1.54, 1.807) is 0 Å². The summed E-state index contributed by atoms with van der Waals surface area (Å²) in [4.78, 5) is 0. The molecule has 1 rings (SSSR count). The Morgan fingerprint density at radius 2 is 1.54 bits per heavy atom. The maximum atomic E-state index is 9.08. The summed E-state index contributed by atoms with van der Waals surface area (Å²) in [6.45, 7) is 4.21. The maximum absolute atomic E-state index is 9.08. The summed E-state index contributed by atoms with van der Waals surface area (Å²) in [5, 5.41) is 0. The van der Waals surface area contributed by atoms with E-state index >= 15 is 0 Å². The number of hydrogen-bond acceptors (Lipinski definition) is 4. The first-order chi connectivity index (χ1) is 5.71. The summed E-state index contributed by atoms with van der Waals surface area (Å²) in [6, 6.07) is 0. The van der Waals surface area contributed by atoms with Crippen molar-refractivity contribution in [3.05, 3.63) is 0 Å². The van der Waals surface area contributed by atoms with Crippen molar-refractivity contribution in [3.63, 3.8) is 0 Å². The van der Waals surface area contributed by atoms with Crippen LogP contribution in [0, 0.1) is 0 Å². The van der Waals surface area contributed by atoms with Gasteiger partial charge in [-0.05, 0) is 0 Å². The van der Waals surface area contributed by atoms with Gasteiger partial charge in [-0.25, -0.2) is 8.42 Å². The molecule has 0 aliphatic carbocycles. The molecule has 0 aromatic carbocycles. The molecule has 1 fully saturated rings. The minimum Gasteiger partial charge on any atom is -0.748 e. The van der Waals surface area contributed by atoms with Gasteiger partial charge in [-0.1, -0.05) is 0 Å². The number of hydrogen-bond donors (Lipinski definition) is 0. The fourth-order valence-electron chi connectivity index (χ4n) is 0.837. The Hall–Kier alpha value is -0.170.